The van der Waals surface area contributed by atoms with E-state index in [4.69, 9.17) is 33.7 Å². The third kappa shape index (κ3) is 4.55. The Bertz CT molecular complexity index is 1290. The van der Waals surface area contributed by atoms with Crippen LogP contribution in [0.15, 0.2) is 41.3 Å². The zero-order valence-electron chi connectivity index (χ0n) is 16.8. The van der Waals surface area contributed by atoms with Crippen LogP contribution in [0.5, 0.6) is 5.75 Å². The summed E-state index contributed by atoms with van der Waals surface area (Å²) in [5, 5.41) is 11.1. The van der Waals surface area contributed by atoms with Crippen molar-refractivity contribution in [3.8, 4) is 5.75 Å². The molecule has 11 heteroatoms. The van der Waals surface area contributed by atoms with Crippen molar-refractivity contribution in [1.82, 2.24) is 9.38 Å². The maximum atomic E-state index is 12.7. The number of aromatic nitrogens is 2. The van der Waals surface area contributed by atoms with Gasteiger partial charge in [0.25, 0.3) is 5.84 Å². The monoisotopic (exact) mass is 476 g/mol. The molecule has 1 amide bonds. The maximum Gasteiger partial charge on any atom is 0.361 e. The fraction of sp³-hybridized carbons (Fsp3) is 0.238. The number of morpholine rings is 1. The number of amidine groups is 1. The van der Waals surface area contributed by atoms with Gasteiger partial charge in [-0.25, -0.2) is 14.8 Å². The Morgan fingerprint density at radius 2 is 1.94 bits per heavy atom. The number of nitrogens with zero attached hydrogens (tertiary/aromatic N) is 3. The van der Waals surface area contributed by atoms with Crippen LogP contribution in [0.2, 0.25) is 10.0 Å². The van der Waals surface area contributed by atoms with Gasteiger partial charge in [0, 0.05) is 19.3 Å². The van der Waals surface area contributed by atoms with Crippen molar-refractivity contribution >= 4 is 46.3 Å². The van der Waals surface area contributed by atoms with Crippen LogP contribution in [-0.2, 0) is 11.2 Å². The van der Waals surface area contributed by atoms with E-state index in [9.17, 15) is 14.7 Å². The summed E-state index contributed by atoms with van der Waals surface area (Å²) < 4.78 is 6.55. The lowest BCUT2D eigenvalue weighted by Gasteiger charge is -2.28. The van der Waals surface area contributed by atoms with E-state index in [0.717, 1.165) is 11.3 Å². The van der Waals surface area contributed by atoms with E-state index in [-0.39, 0.29) is 17.9 Å². The first-order chi connectivity index (χ1) is 15.3. The summed E-state index contributed by atoms with van der Waals surface area (Å²) in [5.41, 5.74) is 6.51. The van der Waals surface area contributed by atoms with Gasteiger partial charge in [0.05, 0.1) is 35.4 Å². The Balaban J connectivity index is 1.62. The number of amides is 1. The number of fused-ring (bicyclic) bond motifs is 1. The second-order valence-corrected chi connectivity index (χ2v) is 8.05. The molecule has 3 heterocycles. The van der Waals surface area contributed by atoms with Crippen molar-refractivity contribution in [2.75, 3.05) is 31.2 Å². The second-order valence-electron chi connectivity index (χ2n) is 7.23. The van der Waals surface area contributed by atoms with E-state index in [0.29, 0.717) is 36.3 Å². The first-order valence-electron chi connectivity index (χ1n) is 9.78. The van der Waals surface area contributed by atoms with Crippen LogP contribution < -0.4 is 21.2 Å². The number of hydrogen-bond donors (Lipinski definition) is 3. The number of hydrogen-bond acceptors (Lipinski definition) is 6. The fourth-order valence-corrected chi connectivity index (χ4v) is 3.72. The largest absolute Gasteiger partial charge is 0.501 e. The lowest BCUT2D eigenvalue weighted by molar-refractivity contribution is -0.348. The second kappa shape index (κ2) is 9.15. The molecule has 0 aliphatic carbocycles. The van der Waals surface area contributed by atoms with Crippen molar-refractivity contribution in [3.63, 3.8) is 0 Å². The highest BCUT2D eigenvalue weighted by atomic mass is 35.5. The fourth-order valence-electron chi connectivity index (χ4n) is 3.40. The standard InChI is InChI=1S/C21H19Cl2N5O4/c22-14-3-1-12(9-15(14)23)10-16(24)25-20(30)18-19(29)21(31)28-11-13(2-4-17(28)26-18)27-5-7-32-8-6-27/h1-4,9,11,29H,5-8,10H2,(H2,24,25,30)/p+1. The van der Waals surface area contributed by atoms with Crippen molar-refractivity contribution in [2.24, 2.45) is 5.73 Å². The number of nitrogens with one attached hydrogen (secondary N) is 1. The highest BCUT2D eigenvalue weighted by Gasteiger charge is 2.22. The highest BCUT2D eigenvalue weighted by Crippen LogP contribution is 2.22. The number of nitrogens with two attached hydrogens (primary N) is 1. The molecule has 2 aromatic heterocycles. The third-order valence-corrected chi connectivity index (χ3v) is 5.77. The summed E-state index contributed by atoms with van der Waals surface area (Å²) in [6, 6.07) is 8.39. The summed E-state index contributed by atoms with van der Waals surface area (Å²) in [6.07, 6.45) is 1.76. The molecule has 1 aliphatic heterocycles. The Morgan fingerprint density at radius 3 is 2.66 bits per heavy atom. The molecule has 0 spiro atoms. The van der Waals surface area contributed by atoms with Crippen LogP contribution >= 0.6 is 23.2 Å². The SMILES string of the molecule is NC(Cc1ccc(Cl)c(Cl)c1)=[NH+]C(=O)c1nc2ccc(N3CCOCC3)cn2c(=O)c1O. The number of halogens is 2. The van der Waals surface area contributed by atoms with Gasteiger partial charge in [0.2, 0.25) is 11.4 Å². The molecule has 32 heavy (non-hydrogen) atoms. The molecule has 166 valence electrons. The van der Waals surface area contributed by atoms with E-state index < -0.39 is 22.9 Å². The Labute approximate surface area is 192 Å². The number of benzene rings is 1. The summed E-state index contributed by atoms with van der Waals surface area (Å²) in [4.78, 5) is 34.0. The van der Waals surface area contributed by atoms with Crippen LogP contribution in [0, 0.1) is 0 Å². The van der Waals surface area contributed by atoms with Gasteiger partial charge in [-0.3, -0.25) is 14.9 Å². The number of carbonyl (C=O) groups is 1. The van der Waals surface area contributed by atoms with E-state index in [1.165, 1.54) is 4.40 Å². The molecule has 0 saturated carbocycles. The van der Waals surface area contributed by atoms with Gasteiger partial charge in [0.15, 0.2) is 0 Å². The summed E-state index contributed by atoms with van der Waals surface area (Å²) in [6.45, 7) is 2.56. The molecule has 0 atom stereocenters. The molecular formula is C21H20Cl2N5O4+. The number of anilines is 1. The van der Waals surface area contributed by atoms with Gasteiger partial charge in [-0.2, -0.15) is 0 Å². The molecule has 0 unspecified atom stereocenters. The highest BCUT2D eigenvalue weighted by molar-refractivity contribution is 6.42. The number of carbonyl (C=O) groups excluding carboxylic acids is 1. The van der Waals surface area contributed by atoms with Crippen LogP contribution in [0.3, 0.4) is 0 Å². The van der Waals surface area contributed by atoms with Crippen molar-refractivity contribution in [1.29, 1.82) is 0 Å². The zero-order valence-corrected chi connectivity index (χ0v) is 18.4. The summed E-state index contributed by atoms with van der Waals surface area (Å²) in [7, 11) is 0. The quantitative estimate of drug-likeness (QED) is 0.366. The molecule has 1 fully saturated rings. The van der Waals surface area contributed by atoms with Crippen LogP contribution in [0.1, 0.15) is 16.1 Å². The molecule has 4 N–H and O–H groups in total. The van der Waals surface area contributed by atoms with Crippen LogP contribution in [0.25, 0.3) is 5.65 Å². The van der Waals surface area contributed by atoms with E-state index in [1.54, 1.807) is 36.5 Å². The van der Waals surface area contributed by atoms with Crippen molar-refractivity contribution in [2.45, 2.75) is 6.42 Å². The smallest absolute Gasteiger partial charge is 0.361 e. The van der Waals surface area contributed by atoms with E-state index >= 15 is 0 Å². The average molecular weight is 477 g/mol. The Hall–Kier alpha value is -3.14. The molecular weight excluding hydrogens is 457 g/mol. The molecule has 1 aliphatic rings. The minimum atomic E-state index is -0.795. The number of aromatic hydroxyl groups is 1. The Kier molecular flexibility index (Phi) is 6.31. The van der Waals surface area contributed by atoms with Gasteiger partial charge in [-0.05, 0) is 29.8 Å². The number of pyridine rings is 1. The normalized spacial score (nSPS) is 14.7. The lowest BCUT2D eigenvalue weighted by atomic mass is 10.1. The molecule has 3 aromatic rings. The van der Waals surface area contributed by atoms with Crippen LogP contribution in [-0.4, -0.2) is 52.5 Å². The molecule has 9 nitrogen and oxygen atoms in total. The molecule has 4 rings (SSSR count). The van der Waals surface area contributed by atoms with Crippen molar-refractivity contribution < 1.29 is 19.6 Å². The maximum absolute atomic E-state index is 12.7. The lowest BCUT2D eigenvalue weighted by Crippen LogP contribution is -2.80. The van der Waals surface area contributed by atoms with E-state index in [2.05, 4.69) is 14.9 Å². The summed E-state index contributed by atoms with van der Waals surface area (Å²) >= 11 is 11.9. The van der Waals surface area contributed by atoms with Gasteiger partial charge in [0.1, 0.15) is 5.65 Å². The minimum Gasteiger partial charge on any atom is -0.501 e. The molecule has 1 saturated heterocycles. The number of rotatable bonds is 4. The first-order valence-corrected chi connectivity index (χ1v) is 10.5. The topological polar surface area (TPSA) is 124 Å². The summed E-state index contributed by atoms with van der Waals surface area (Å²) in [5.74, 6) is -1.46. The van der Waals surface area contributed by atoms with Gasteiger partial charge >= 0.3 is 11.5 Å². The Morgan fingerprint density at radius 1 is 1.19 bits per heavy atom. The first kappa shape index (κ1) is 22.1. The van der Waals surface area contributed by atoms with Gasteiger partial charge in [-0.15, -0.1) is 0 Å². The molecule has 0 bridgehead atoms. The average Bonchev–Trinajstić information content (AvgIpc) is 2.79. The molecule has 0 radical (unpaired) electrons. The third-order valence-electron chi connectivity index (χ3n) is 5.03. The minimum absolute atomic E-state index is 0.0949. The predicted molar refractivity (Wildman–Crippen MR) is 121 cm³/mol. The van der Waals surface area contributed by atoms with Gasteiger partial charge < -0.3 is 14.7 Å². The predicted octanol–water partition coefficient (Wildman–Crippen LogP) is 0.364. The molecule has 1 aromatic carbocycles. The number of ether oxygens (including phenoxy) is 1. The van der Waals surface area contributed by atoms with Crippen molar-refractivity contribution in [3.05, 3.63) is 68.2 Å². The van der Waals surface area contributed by atoms with Crippen LogP contribution in [0.4, 0.5) is 5.69 Å². The zero-order chi connectivity index (χ0) is 22.8. The van der Waals surface area contributed by atoms with Gasteiger partial charge in [-0.1, -0.05) is 29.3 Å². The van der Waals surface area contributed by atoms with E-state index in [1.807, 2.05) is 0 Å².